The molecule has 3 aromatic heterocycles. The molecule has 1 aliphatic heterocycles. The van der Waals surface area contributed by atoms with Crippen LogP contribution < -0.4 is 11.1 Å². The summed E-state index contributed by atoms with van der Waals surface area (Å²) < 4.78 is 2.50. The number of piperidine rings is 1. The third-order valence-electron chi connectivity index (χ3n) is 4.37. The van der Waals surface area contributed by atoms with Crippen molar-refractivity contribution < 1.29 is 4.79 Å². The number of amides is 1. The fraction of sp³-hybridized carbons (Fsp3) is 0.375. The summed E-state index contributed by atoms with van der Waals surface area (Å²) in [5, 5.41) is 8.45. The quantitative estimate of drug-likeness (QED) is 0.754. The van der Waals surface area contributed by atoms with Crippen molar-refractivity contribution in [2.24, 2.45) is 12.8 Å². The van der Waals surface area contributed by atoms with Gasteiger partial charge in [0.05, 0.1) is 16.4 Å². The SMILES string of the molecule is Cn1cc(-c2nc3c([C@@H]4CCCNC4)cnc(C(N)=O)c3s2)cn1. The van der Waals surface area contributed by atoms with Crippen LogP contribution in [0.3, 0.4) is 0 Å². The number of nitrogens with zero attached hydrogens (tertiary/aromatic N) is 4. The maximum absolute atomic E-state index is 11.8. The van der Waals surface area contributed by atoms with Crippen LogP contribution in [0.25, 0.3) is 20.8 Å². The highest BCUT2D eigenvalue weighted by molar-refractivity contribution is 7.22. The lowest BCUT2D eigenvalue weighted by molar-refractivity contribution is 0.0997. The predicted octanol–water partition coefficient (Wildman–Crippen LogP) is 1.66. The molecular formula is C16H18N6OS. The van der Waals surface area contributed by atoms with Crippen LogP contribution in [0.5, 0.6) is 0 Å². The van der Waals surface area contributed by atoms with Gasteiger partial charge in [0.1, 0.15) is 10.7 Å². The van der Waals surface area contributed by atoms with E-state index in [0.29, 0.717) is 11.6 Å². The Morgan fingerprint density at radius 3 is 3.00 bits per heavy atom. The number of carbonyl (C=O) groups is 1. The molecular weight excluding hydrogens is 324 g/mol. The molecule has 0 radical (unpaired) electrons. The number of aromatic nitrogens is 4. The normalized spacial score (nSPS) is 18.1. The Kier molecular flexibility index (Phi) is 3.78. The Hall–Kier alpha value is -2.32. The Morgan fingerprint density at radius 1 is 1.46 bits per heavy atom. The zero-order chi connectivity index (χ0) is 16.7. The van der Waals surface area contributed by atoms with E-state index in [1.807, 2.05) is 13.2 Å². The van der Waals surface area contributed by atoms with Crippen molar-refractivity contribution in [2.75, 3.05) is 13.1 Å². The molecule has 7 nitrogen and oxygen atoms in total. The van der Waals surface area contributed by atoms with E-state index in [4.69, 9.17) is 10.7 Å². The summed E-state index contributed by atoms with van der Waals surface area (Å²) in [6.45, 7) is 1.96. The van der Waals surface area contributed by atoms with Crippen LogP contribution in [0.2, 0.25) is 0 Å². The second kappa shape index (κ2) is 5.95. The second-order valence-corrected chi connectivity index (χ2v) is 7.07. The summed E-state index contributed by atoms with van der Waals surface area (Å²) in [5.74, 6) is -0.158. The van der Waals surface area contributed by atoms with Crippen LogP contribution in [0.15, 0.2) is 18.6 Å². The third kappa shape index (κ3) is 2.57. The van der Waals surface area contributed by atoms with Gasteiger partial charge in [-0.2, -0.15) is 5.10 Å². The Labute approximate surface area is 142 Å². The summed E-state index contributed by atoms with van der Waals surface area (Å²) in [4.78, 5) is 20.9. The molecule has 4 rings (SSSR count). The molecule has 4 heterocycles. The molecule has 0 spiro atoms. The van der Waals surface area contributed by atoms with Crippen molar-refractivity contribution >= 4 is 27.5 Å². The van der Waals surface area contributed by atoms with Crippen LogP contribution in [0.1, 0.15) is 34.8 Å². The smallest absolute Gasteiger partial charge is 0.268 e. The van der Waals surface area contributed by atoms with Gasteiger partial charge in [-0.3, -0.25) is 9.48 Å². The van der Waals surface area contributed by atoms with Crippen molar-refractivity contribution in [2.45, 2.75) is 18.8 Å². The molecule has 3 aromatic rings. The Morgan fingerprint density at radius 2 is 2.33 bits per heavy atom. The number of nitrogens with two attached hydrogens (primary N) is 1. The van der Waals surface area contributed by atoms with Crippen LogP contribution in [0.4, 0.5) is 0 Å². The van der Waals surface area contributed by atoms with Crippen molar-refractivity contribution in [1.82, 2.24) is 25.1 Å². The number of pyridine rings is 1. The monoisotopic (exact) mass is 342 g/mol. The lowest BCUT2D eigenvalue weighted by atomic mass is 9.92. The number of hydrogen-bond donors (Lipinski definition) is 2. The van der Waals surface area contributed by atoms with Gasteiger partial charge >= 0.3 is 0 Å². The number of aryl methyl sites for hydroxylation is 1. The first-order valence-electron chi connectivity index (χ1n) is 7.92. The zero-order valence-corrected chi connectivity index (χ0v) is 14.1. The summed E-state index contributed by atoms with van der Waals surface area (Å²) in [6.07, 6.45) is 7.68. The average molecular weight is 342 g/mol. The van der Waals surface area contributed by atoms with E-state index in [-0.39, 0.29) is 0 Å². The number of fused-ring (bicyclic) bond motifs is 1. The van der Waals surface area contributed by atoms with Crippen LogP contribution in [-0.4, -0.2) is 38.7 Å². The molecule has 1 amide bonds. The number of hydrogen-bond acceptors (Lipinski definition) is 6. The minimum absolute atomic E-state index is 0.296. The molecule has 8 heteroatoms. The van der Waals surface area contributed by atoms with Gasteiger partial charge in [-0.15, -0.1) is 11.3 Å². The number of primary amides is 1. The average Bonchev–Trinajstić information content (AvgIpc) is 3.20. The van der Waals surface area contributed by atoms with E-state index in [0.717, 1.165) is 52.3 Å². The molecule has 0 aliphatic carbocycles. The van der Waals surface area contributed by atoms with Crippen molar-refractivity contribution in [1.29, 1.82) is 0 Å². The summed E-state index contributed by atoms with van der Waals surface area (Å²) in [6, 6.07) is 0. The van der Waals surface area contributed by atoms with Gasteiger partial charge < -0.3 is 11.1 Å². The highest BCUT2D eigenvalue weighted by atomic mass is 32.1. The van der Waals surface area contributed by atoms with Crippen molar-refractivity contribution in [3.05, 3.63) is 29.8 Å². The van der Waals surface area contributed by atoms with Crippen molar-refractivity contribution in [3.8, 4) is 10.6 Å². The fourth-order valence-corrected chi connectivity index (χ4v) is 4.24. The van der Waals surface area contributed by atoms with E-state index >= 15 is 0 Å². The summed E-state index contributed by atoms with van der Waals surface area (Å²) in [7, 11) is 1.87. The number of carbonyl (C=O) groups excluding carboxylic acids is 1. The summed E-state index contributed by atoms with van der Waals surface area (Å²) >= 11 is 1.45. The van der Waals surface area contributed by atoms with E-state index in [1.165, 1.54) is 11.3 Å². The molecule has 0 saturated carbocycles. The molecule has 1 aliphatic rings. The molecule has 1 saturated heterocycles. The molecule has 1 atom stereocenters. The molecule has 0 unspecified atom stereocenters. The standard InChI is InChI=1S/C16H18N6OS/c1-22-8-10(6-20-22)16-21-12-11(9-3-2-4-18-5-9)7-19-13(15(17)23)14(12)24-16/h6-9,18H,2-5H2,1H3,(H2,17,23)/t9-/m1/s1. The lowest BCUT2D eigenvalue weighted by Crippen LogP contribution is -2.28. The van der Waals surface area contributed by atoms with Gasteiger partial charge in [0.2, 0.25) is 0 Å². The topological polar surface area (TPSA) is 98.7 Å². The predicted molar refractivity (Wildman–Crippen MR) is 93.0 cm³/mol. The molecule has 1 fully saturated rings. The van der Waals surface area contributed by atoms with Gasteiger partial charge in [0, 0.05) is 43.0 Å². The maximum Gasteiger partial charge on any atom is 0.268 e. The van der Waals surface area contributed by atoms with Crippen molar-refractivity contribution in [3.63, 3.8) is 0 Å². The van der Waals surface area contributed by atoms with Crippen LogP contribution in [-0.2, 0) is 7.05 Å². The van der Waals surface area contributed by atoms with E-state index in [1.54, 1.807) is 17.1 Å². The summed E-state index contributed by atoms with van der Waals surface area (Å²) in [5.41, 5.74) is 8.67. The first kappa shape index (κ1) is 15.2. The van der Waals surface area contributed by atoms with E-state index in [2.05, 4.69) is 15.4 Å². The minimum atomic E-state index is -0.519. The van der Waals surface area contributed by atoms with Gasteiger partial charge in [-0.1, -0.05) is 0 Å². The van der Waals surface area contributed by atoms with Gasteiger partial charge in [0.25, 0.3) is 5.91 Å². The van der Waals surface area contributed by atoms with Gasteiger partial charge in [-0.05, 0) is 19.4 Å². The maximum atomic E-state index is 11.8. The molecule has 0 bridgehead atoms. The number of rotatable bonds is 3. The molecule has 24 heavy (non-hydrogen) atoms. The molecule has 124 valence electrons. The van der Waals surface area contributed by atoms with Gasteiger partial charge in [-0.25, -0.2) is 9.97 Å². The second-order valence-electron chi connectivity index (χ2n) is 6.07. The first-order valence-corrected chi connectivity index (χ1v) is 8.74. The van der Waals surface area contributed by atoms with Crippen LogP contribution in [0, 0.1) is 0 Å². The van der Waals surface area contributed by atoms with Crippen LogP contribution >= 0.6 is 11.3 Å². The molecule has 3 N–H and O–H groups in total. The minimum Gasteiger partial charge on any atom is -0.364 e. The Balaban J connectivity index is 1.89. The number of nitrogens with one attached hydrogen (secondary N) is 1. The third-order valence-corrected chi connectivity index (χ3v) is 5.48. The first-order chi connectivity index (χ1) is 11.6. The largest absolute Gasteiger partial charge is 0.364 e. The van der Waals surface area contributed by atoms with E-state index in [9.17, 15) is 4.79 Å². The molecule has 0 aromatic carbocycles. The Bertz CT molecular complexity index is 909. The lowest BCUT2D eigenvalue weighted by Gasteiger charge is -2.23. The fourth-order valence-electron chi connectivity index (χ4n) is 3.18. The number of thiazole rings is 1. The highest BCUT2D eigenvalue weighted by Gasteiger charge is 2.23. The van der Waals surface area contributed by atoms with E-state index < -0.39 is 5.91 Å². The zero-order valence-electron chi connectivity index (χ0n) is 13.3. The van der Waals surface area contributed by atoms with Gasteiger partial charge in [0.15, 0.2) is 0 Å². The highest BCUT2D eigenvalue weighted by Crippen LogP contribution is 2.36.